The molecular weight excluding hydrogens is 436 g/mol. The van der Waals surface area contributed by atoms with E-state index in [0.717, 1.165) is 25.3 Å². The number of carbonyl (C=O) groups excluding carboxylic acids is 1. The lowest BCUT2D eigenvalue weighted by Gasteiger charge is -2.38. The van der Waals surface area contributed by atoms with E-state index in [-0.39, 0.29) is 11.9 Å². The van der Waals surface area contributed by atoms with E-state index < -0.39 is 6.10 Å². The number of hydrogen-bond donors (Lipinski definition) is 1. The molecule has 0 saturated heterocycles. The predicted octanol–water partition coefficient (Wildman–Crippen LogP) is 5.06. The van der Waals surface area contributed by atoms with Crippen molar-refractivity contribution in [2.24, 2.45) is 0 Å². The van der Waals surface area contributed by atoms with Crippen LogP contribution in [0.5, 0.6) is 5.75 Å². The summed E-state index contributed by atoms with van der Waals surface area (Å²) in [6, 6.07) is 25.9. The summed E-state index contributed by atoms with van der Waals surface area (Å²) in [4.78, 5) is 15.2. The number of aryl methyl sites for hydroxylation is 1. The molecule has 4 rings (SSSR count). The van der Waals surface area contributed by atoms with E-state index in [0.29, 0.717) is 19.6 Å². The Morgan fingerprint density at radius 2 is 1.91 bits per heavy atom. The van der Waals surface area contributed by atoms with Gasteiger partial charge < -0.3 is 14.8 Å². The monoisotopic (exact) mass is 472 g/mol. The zero-order valence-electron chi connectivity index (χ0n) is 21.0. The van der Waals surface area contributed by atoms with Gasteiger partial charge in [-0.15, -0.1) is 0 Å². The first-order valence-electron chi connectivity index (χ1n) is 12.5. The summed E-state index contributed by atoms with van der Waals surface area (Å²) < 4.78 is 11.2. The van der Waals surface area contributed by atoms with Gasteiger partial charge in [0, 0.05) is 26.7 Å². The molecular formula is C30H36N2O3. The van der Waals surface area contributed by atoms with Crippen LogP contribution in [-0.4, -0.2) is 43.7 Å². The molecule has 2 unspecified atom stereocenters. The van der Waals surface area contributed by atoms with Gasteiger partial charge in [0.2, 0.25) is 0 Å². The smallest absolute Gasteiger partial charge is 0.261 e. The van der Waals surface area contributed by atoms with Crippen LogP contribution in [0.2, 0.25) is 0 Å². The van der Waals surface area contributed by atoms with Crippen molar-refractivity contribution in [1.82, 2.24) is 10.2 Å². The minimum atomic E-state index is -0.535. The third kappa shape index (κ3) is 6.30. The van der Waals surface area contributed by atoms with E-state index >= 15 is 0 Å². The van der Waals surface area contributed by atoms with Crippen molar-refractivity contribution in [2.75, 3.05) is 26.8 Å². The van der Waals surface area contributed by atoms with Crippen molar-refractivity contribution >= 4 is 5.91 Å². The van der Waals surface area contributed by atoms with Crippen molar-refractivity contribution in [2.45, 2.75) is 45.4 Å². The van der Waals surface area contributed by atoms with E-state index in [1.54, 1.807) is 7.11 Å². The highest BCUT2D eigenvalue weighted by molar-refractivity contribution is 5.81. The first kappa shape index (κ1) is 25.0. The highest BCUT2D eigenvalue weighted by atomic mass is 16.5. The number of hydrogen-bond acceptors (Lipinski definition) is 4. The summed E-state index contributed by atoms with van der Waals surface area (Å²) in [5, 5.41) is 2.89. The standard InChI is InChI=1S/C30H36N2O3/c1-4-28(30(33)31-16-18-34-3)35-26-14-13-24-15-17-32(21-23-10-8-9-22(2)19-23)29(27(24)20-26)25-11-6-5-7-12-25/h5-14,19-20,28-29H,4,15-18,21H2,1-3H3,(H,31,33). The van der Waals surface area contributed by atoms with Crippen molar-refractivity contribution in [3.05, 3.63) is 101 Å². The molecule has 0 saturated carbocycles. The van der Waals surface area contributed by atoms with Crippen molar-refractivity contribution in [3.63, 3.8) is 0 Å². The van der Waals surface area contributed by atoms with Gasteiger partial charge in [-0.25, -0.2) is 0 Å². The zero-order chi connectivity index (χ0) is 24.6. The van der Waals surface area contributed by atoms with Crippen LogP contribution < -0.4 is 10.1 Å². The van der Waals surface area contributed by atoms with Gasteiger partial charge in [0.25, 0.3) is 5.91 Å². The fourth-order valence-electron chi connectivity index (χ4n) is 4.84. The SMILES string of the molecule is CCC(Oc1ccc2c(c1)C(c1ccccc1)N(Cc1cccc(C)c1)CC2)C(=O)NCCOC. The van der Waals surface area contributed by atoms with Crippen LogP contribution in [0, 0.1) is 6.92 Å². The third-order valence-electron chi connectivity index (χ3n) is 6.58. The van der Waals surface area contributed by atoms with Crippen LogP contribution in [0.15, 0.2) is 72.8 Å². The summed E-state index contributed by atoms with van der Waals surface area (Å²) in [7, 11) is 1.62. The van der Waals surface area contributed by atoms with Gasteiger partial charge in [0.1, 0.15) is 5.75 Å². The Kier molecular flexibility index (Phi) is 8.56. The van der Waals surface area contributed by atoms with Crippen LogP contribution >= 0.6 is 0 Å². The molecule has 1 aliphatic heterocycles. The summed E-state index contributed by atoms with van der Waals surface area (Å²) in [6.45, 7) is 6.93. The third-order valence-corrected chi connectivity index (χ3v) is 6.58. The summed E-state index contributed by atoms with van der Waals surface area (Å²) in [5.41, 5.74) is 6.45. The second kappa shape index (κ2) is 12.0. The lowest BCUT2D eigenvalue weighted by Crippen LogP contribution is -2.39. The maximum absolute atomic E-state index is 12.6. The molecule has 0 radical (unpaired) electrons. The largest absolute Gasteiger partial charge is 0.481 e. The Bertz CT molecular complexity index is 1120. The van der Waals surface area contributed by atoms with Crippen LogP contribution in [-0.2, 0) is 22.5 Å². The number of amides is 1. The minimum absolute atomic E-state index is 0.108. The average molecular weight is 473 g/mol. The quantitative estimate of drug-likeness (QED) is 0.419. The number of methoxy groups -OCH3 is 1. The van der Waals surface area contributed by atoms with Gasteiger partial charge in [-0.05, 0) is 54.2 Å². The van der Waals surface area contributed by atoms with Crippen LogP contribution in [0.3, 0.4) is 0 Å². The van der Waals surface area contributed by atoms with Crippen molar-refractivity contribution in [3.8, 4) is 5.75 Å². The lowest BCUT2D eigenvalue weighted by molar-refractivity contribution is -0.128. The molecule has 0 aliphatic carbocycles. The Hall–Kier alpha value is -3.15. The Morgan fingerprint density at radius 3 is 2.66 bits per heavy atom. The summed E-state index contributed by atoms with van der Waals surface area (Å²) in [6.07, 6.45) is 1.05. The molecule has 0 bridgehead atoms. The van der Waals surface area contributed by atoms with Crippen LogP contribution in [0.4, 0.5) is 0 Å². The second-order valence-electron chi connectivity index (χ2n) is 9.18. The van der Waals surface area contributed by atoms with Gasteiger partial charge >= 0.3 is 0 Å². The van der Waals surface area contributed by atoms with E-state index in [2.05, 4.69) is 83.9 Å². The van der Waals surface area contributed by atoms with E-state index in [1.165, 1.54) is 27.8 Å². The Morgan fingerprint density at radius 1 is 1.09 bits per heavy atom. The molecule has 3 aromatic carbocycles. The summed E-state index contributed by atoms with van der Waals surface area (Å²) in [5.74, 6) is 0.624. The van der Waals surface area contributed by atoms with E-state index in [4.69, 9.17) is 9.47 Å². The number of fused-ring (bicyclic) bond motifs is 1. The van der Waals surface area contributed by atoms with E-state index in [1.807, 2.05) is 13.0 Å². The lowest BCUT2D eigenvalue weighted by atomic mass is 9.87. The Labute approximate surface area is 209 Å². The fraction of sp³-hybridized carbons (Fsp3) is 0.367. The minimum Gasteiger partial charge on any atom is -0.481 e. The first-order chi connectivity index (χ1) is 17.1. The molecule has 3 aromatic rings. The molecule has 5 nitrogen and oxygen atoms in total. The summed E-state index contributed by atoms with van der Waals surface area (Å²) >= 11 is 0. The van der Waals surface area contributed by atoms with Crippen molar-refractivity contribution in [1.29, 1.82) is 0 Å². The first-order valence-corrected chi connectivity index (χ1v) is 12.5. The molecule has 0 aromatic heterocycles. The Balaban J connectivity index is 1.62. The zero-order valence-corrected chi connectivity index (χ0v) is 21.0. The molecule has 1 heterocycles. The highest BCUT2D eigenvalue weighted by Crippen LogP contribution is 2.38. The molecule has 2 atom stereocenters. The molecule has 1 aliphatic rings. The molecule has 0 fully saturated rings. The maximum Gasteiger partial charge on any atom is 0.261 e. The van der Waals surface area contributed by atoms with Gasteiger partial charge in [-0.2, -0.15) is 0 Å². The fourth-order valence-corrected chi connectivity index (χ4v) is 4.84. The van der Waals surface area contributed by atoms with Gasteiger partial charge in [0.05, 0.1) is 12.6 Å². The number of ether oxygens (including phenoxy) is 2. The number of rotatable bonds is 10. The predicted molar refractivity (Wildman–Crippen MR) is 140 cm³/mol. The molecule has 35 heavy (non-hydrogen) atoms. The van der Waals surface area contributed by atoms with Crippen LogP contribution in [0.25, 0.3) is 0 Å². The number of benzene rings is 3. The molecule has 1 amide bonds. The maximum atomic E-state index is 12.6. The van der Waals surface area contributed by atoms with Gasteiger partial charge in [0.15, 0.2) is 6.10 Å². The second-order valence-corrected chi connectivity index (χ2v) is 9.18. The van der Waals surface area contributed by atoms with Gasteiger partial charge in [-0.1, -0.05) is 73.2 Å². The van der Waals surface area contributed by atoms with Gasteiger partial charge in [-0.3, -0.25) is 9.69 Å². The topological polar surface area (TPSA) is 50.8 Å². The normalized spacial score (nSPS) is 16.4. The van der Waals surface area contributed by atoms with Crippen LogP contribution in [0.1, 0.15) is 47.2 Å². The van der Waals surface area contributed by atoms with Crippen molar-refractivity contribution < 1.29 is 14.3 Å². The highest BCUT2D eigenvalue weighted by Gasteiger charge is 2.30. The number of nitrogens with zero attached hydrogens (tertiary/aromatic N) is 1. The molecule has 1 N–H and O–H groups in total. The average Bonchev–Trinajstić information content (AvgIpc) is 2.87. The molecule has 184 valence electrons. The molecule has 0 spiro atoms. The van der Waals surface area contributed by atoms with E-state index in [9.17, 15) is 4.79 Å². The number of carbonyl (C=O) groups is 1. The number of nitrogens with one attached hydrogen (secondary N) is 1. The molecule has 5 heteroatoms.